The van der Waals surface area contributed by atoms with Gasteiger partial charge in [-0.05, 0) is 66.3 Å². The van der Waals surface area contributed by atoms with Crippen molar-refractivity contribution in [1.82, 2.24) is 15.2 Å². The molecule has 2 N–H and O–H groups in total. The van der Waals surface area contributed by atoms with Crippen LogP contribution in [-0.4, -0.2) is 48.4 Å². The van der Waals surface area contributed by atoms with Crippen molar-refractivity contribution in [3.05, 3.63) is 22.8 Å². The molecule has 0 radical (unpaired) electrons. The van der Waals surface area contributed by atoms with Gasteiger partial charge in [0.1, 0.15) is 5.82 Å². The predicted molar refractivity (Wildman–Crippen MR) is 93.0 cm³/mol. The second-order valence-corrected chi connectivity index (χ2v) is 6.81. The van der Waals surface area contributed by atoms with E-state index in [9.17, 15) is 9.59 Å². The maximum Gasteiger partial charge on any atom is 0.245 e. The largest absolute Gasteiger partial charge is 0.336 e. The molecule has 0 unspecified atom stereocenters. The molecule has 1 aliphatic rings. The number of piperidine rings is 1. The van der Waals surface area contributed by atoms with Crippen molar-refractivity contribution in [1.29, 1.82) is 0 Å². The van der Waals surface area contributed by atoms with Gasteiger partial charge < -0.3 is 15.5 Å². The Balaban J connectivity index is 1.71. The SMILES string of the molecule is CN(CC(=O)Nc1ccc(Br)cn1)C(=O)CCC1CCNCC1. The number of pyridine rings is 1. The minimum atomic E-state index is -0.238. The van der Waals surface area contributed by atoms with Crippen LogP contribution in [0.3, 0.4) is 0 Å². The molecule has 1 aliphatic heterocycles. The average molecular weight is 383 g/mol. The van der Waals surface area contributed by atoms with E-state index in [1.807, 2.05) is 0 Å². The molecule has 0 atom stereocenters. The molecule has 0 saturated carbocycles. The van der Waals surface area contributed by atoms with Crippen LogP contribution < -0.4 is 10.6 Å². The molecule has 1 aromatic rings. The predicted octanol–water partition coefficient (Wildman–Crippen LogP) is 2.02. The summed E-state index contributed by atoms with van der Waals surface area (Å²) in [7, 11) is 1.67. The molecular weight excluding hydrogens is 360 g/mol. The van der Waals surface area contributed by atoms with Crippen LogP contribution in [0.4, 0.5) is 5.82 Å². The summed E-state index contributed by atoms with van der Waals surface area (Å²) >= 11 is 3.29. The van der Waals surface area contributed by atoms with E-state index in [0.29, 0.717) is 18.2 Å². The van der Waals surface area contributed by atoms with Crippen LogP contribution in [0, 0.1) is 5.92 Å². The van der Waals surface area contributed by atoms with Crippen LogP contribution in [-0.2, 0) is 9.59 Å². The molecule has 0 spiro atoms. The van der Waals surface area contributed by atoms with E-state index in [0.717, 1.165) is 36.8 Å². The minimum absolute atomic E-state index is 0.0162. The third-order valence-corrected chi connectivity index (χ3v) is 4.50. The molecule has 1 fully saturated rings. The van der Waals surface area contributed by atoms with Gasteiger partial charge in [-0.2, -0.15) is 0 Å². The molecule has 23 heavy (non-hydrogen) atoms. The first-order valence-corrected chi connectivity index (χ1v) is 8.70. The average Bonchev–Trinajstić information content (AvgIpc) is 2.55. The van der Waals surface area contributed by atoms with E-state index in [-0.39, 0.29) is 18.4 Å². The molecule has 126 valence electrons. The monoisotopic (exact) mass is 382 g/mol. The molecule has 0 aliphatic carbocycles. The highest BCUT2D eigenvalue weighted by Crippen LogP contribution is 2.18. The Bertz CT molecular complexity index is 529. The van der Waals surface area contributed by atoms with Gasteiger partial charge in [-0.25, -0.2) is 4.98 Å². The van der Waals surface area contributed by atoms with Crippen LogP contribution in [0.5, 0.6) is 0 Å². The van der Waals surface area contributed by atoms with Gasteiger partial charge in [-0.1, -0.05) is 0 Å². The molecule has 0 bridgehead atoms. The number of nitrogens with one attached hydrogen (secondary N) is 2. The number of carbonyl (C=O) groups excluding carboxylic acids is 2. The Hall–Kier alpha value is -1.47. The molecule has 6 nitrogen and oxygen atoms in total. The number of hydrogen-bond acceptors (Lipinski definition) is 4. The van der Waals surface area contributed by atoms with Gasteiger partial charge in [0.2, 0.25) is 11.8 Å². The van der Waals surface area contributed by atoms with Gasteiger partial charge >= 0.3 is 0 Å². The molecule has 1 saturated heterocycles. The highest BCUT2D eigenvalue weighted by molar-refractivity contribution is 9.10. The summed E-state index contributed by atoms with van der Waals surface area (Å²) in [6.45, 7) is 2.12. The smallest absolute Gasteiger partial charge is 0.245 e. The third-order valence-electron chi connectivity index (χ3n) is 4.03. The first-order valence-electron chi connectivity index (χ1n) is 7.90. The number of anilines is 1. The van der Waals surface area contributed by atoms with Gasteiger partial charge in [0.25, 0.3) is 0 Å². The summed E-state index contributed by atoms with van der Waals surface area (Å²) in [5.41, 5.74) is 0. The lowest BCUT2D eigenvalue weighted by Crippen LogP contribution is -2.35. The Morgan fingerprint density at radius 1 is 1.39 bits per heavy atom. The molecule has 2 amide bonds. The Morgan fingerprint density at radius 2 is 2.13 bits per heavy atom. The first-order chi connectivity index (χ1) is 11.0. The lowest BCUT2D eigenvalue weighted by Gasteiger charge is -2.23. The van der Waals surface area contributed by atoms with Crippen LogP contribution >= 0.6 is 15.9 Å². The second kappa shape index (κ2) is 8.98. The molecule has 2 heterocycles. The number of amides is 2. The van der Waals surface area contributed by atoms with E-state index in [2.05, 4.69) is 31.5 Å². The molecular formula is C16H23BrN4O2. The zero-order valence-electron chi connectivity index (χ0n) is 13.3. The van der Waals surface area contributed by atoms with Crippen molar-refractivity contribution in [3.63, 3.8) is 0 Å². The number of halogens is 1. The Kier molecular flexibility index (Phi) is 6.98. The Morgan fingerprint density at radius 3 is 2.78 bits per heavy atom. The van der Waals surface area contributed by atoms with Crippen LogP contribution in [0.25, 0.3) is 0 Å². The van der Waals surface area contributed by atoms with Crippen molar-refractivity contribution < 1.29 is 9.59 Å². The maximum atomic E-state index is 12.1. The summed E-state index contributed by atoms with van der Waals surface area (Å²) in [5.74, 6) is 0.878. The van der Waals surface area contributed by atoms with Crippen molar-refractivity contribution in [2.45, 2.75) is 25.7 Å². The first kappa shape index (κ1) is 17.9. The molecule has 1 aromatic heterocycles. The zero-order valence-corrected chi connectivity index (χ0v) is 14.9. The van der Waals surface area contributed by atoms with Gasteiger partial charge in [-0.3, -0.25) is 9.59 Å². The van der Waals surface area contributed by atoms with E-state index in [1.165, 1.54) is 4.90 Å². The van der Waals surface area contributed by atoms with Crippen molar-refractivity contribution in [2.75, 3.05) is 32.0 Å². The van der Waals surface area contributed by atoms with Crippen molar-refractivity contribution in [2.24, 2.45) is 5.92 Å². The fraction of sp³-hybridized carbons (Fsp3) is 0.562. The summed E-state index contributed by atoms with van der Waals surface area (Å²) in [5, 5.41) is 6.01. The summed E-state index contributed by atoms with van der Waals surface area (Å²) in [6.07, 6.45) is 5.29. The van der Waals surface area contributed by atoms with E-state index < -0.39 is 0 Å². The fourth-order valence-electron chi connectivity index (χ4n) is 2.62. The number of hydrogen-bond donors (Lipinski definition) is 2. The number of likely N-dealkylation sites (N-methyl/N-ethyl adjacent to an activating group) is 1. The summed E-state index contributed by atoms with van der Waals surface area (Å²) < 4.78 is 0.848. The third kappa shape index (κ3) is 6.27. The van der Waals surface area contributed by atoms with Crippen molar-refractivity contribution >= 4 is 33.6 Å². The van der Waals surface area contributed by atoms with E-state index in [1.54, 1.807) is 25.4 Å². The second-order valence-electron chi connectivity index (χ2n) is 5.89. The number of rotatable bonds is 6. The standard InChI is InChI=1S/C16H23BrN4O2/c1-21(16(23)5-2-12-6-8-18-9-7-12)11-15(22)20-14-4-3-13(17)10-19-14/h3-4,10,12,18H,2,5-9,11H2,1H3,(H,19,20,22). The summed E-state index contributed by atoms with van der Waals surface area (Å²) in [4.78, 5) is 29.6. The van der Waals surface area contributed by atoms with Gasteiger partial charge in [0.05, 0.1) is 6.54 Å². The maximum absolute atomic E-state index is 12.1. The van der Waals surface area contributed by atoms with Gasteiger partial charge in [0.15, 0.2) is 0 Å². The molecule has 0 aromatic carbocycles. The highest BCUT2D eigenvalue weighted by Gasteiger charge is 2.17. The lowest BCUT2D eigenvalue weighted by molar-refractivity contribution is -0.133. The lowest BCUT2D eigenvalue weighted by atomic mass is 9.93. The van der Waals surface area contributed by atoms with Crippen LogP contribution in [0.1, 0.15) is 25.7 Å². The number of nitrogens with zero attached hydrogens (tertiary/aromatic N) is 2. The quantitative estimate of drug-likeness (QED) is 0.788. The normalized spacial score (nSPS) is 15.2. The fourth-order valence-corrected chi connectivity index (χ4v) is 2.86. The minimum Gasteiger partial charge on any atom is -0.336 e. The Labute approximate surface area is 145 Å². The van der Waals surface area contributed by atoms with Gasteiger partial charge in [-0.15, -0.1) is 0 Å². The summed E-state index contributed by atoms with van der Waals surface area (Å²) in [6, 6.07) is 3.51. The molecule has 2 rings (SSSR count). The number of aromatic nitrogens is 1. The zero-order chi connectivity index (χ0) is 16.7. The van der Waals surface area contributed by atoms with Gasteiger partial charge in [0, 0.05) is 24.1 Å². The number of carbonyl (C=O) groups is 2. The van der Waals surface area contributed by atoms with E-state index in [4.69, 9.17) is 0 Å². The molecule has 7 heteroatoms. The highest BCUT2D eigenvalue weighted by atomic mass is 79.9. The van der Waals surface area contributed by atoms with Crippen LogP contribution in [0.2, 0.25) is 0 Å². The van der Waals surface area contributed by atoms with Crippen LogP contribution in [0.15, 0.2) is 22.8 Å². The van der Waals surface area contributed by atoms with E-state index >= 15 is 0 Å². The topological polar surface area (TPSA) is 74.3 Å². The van der Waals surface area contributed by atoms with Crippen molar-refractivity contribution in [3.8, 4) is 0 Å².